The highest BCUT2D eigenvalue weighted by atomic mass is 35.5. The summed E-state index contributed by atoms with van der Waals surface area (Å²) in [5.74, 6) is 0.436. The van der Waals surface area contributed by atoms with Crippen LogP contribution in [0, 0.1) is 6.92 Å². The zero-order chi connectivity index (χ0) is 19.5. The predicted molar refractivity (Wildman–Crippen MR) is 110 cm³/mol. The number of aromatic amines is 1. The van der Waals surface area contributed by atoms with Crippen LogP contribution in [0.1, 0.15) is 51.8 Å². The number of hydrogen-bond donors (Lipinski definition) is 1. The maximum Gasteiger partial charge on any atom is 0.257 e. The second kappa shape index (κ2) is 8.15. The van der Waals surface area contributed by atoms with E-state index in [1.165, 1.54) is 0 Å². The molecule has 1 aliphatic heterocycles. The molecule has 1 saturated heterocycles. The third kappa shape index (κ3) is 3.94. The highest BCUT2D eigenvalue weighted by Crippen LogP contribution is 2.28. The second-order valence-corrected chi connectivity index (χ2v) is 7.70. The normalized spacial score (nSPS) is 15.0. The van der Waals surface area contributed by atoms with Crippen molar-refractivity contribution in [1.29, 1.82) is 0 Å². The number of pyridine rings is 1. The van der Waals surface area contributed by atoms with Gasteiger partial charge in [-0.05, 0) is 43.5 Å². The third-order valence-electron chi connectivity index (χ3n) is 5.42. The van der Waals surface area contributed by atoms with Crippen LogP contribution in [-0.2, 0) is 6.42 Å². The molecule has 0 saturated carbocycles. The highest BCUT2D eigenvalue weighted by Gasteiger charge is 2.26. The Morgan fingerprint density at radius 1 is 1.18 bits per heavy atom. The molecule has 1 aromatic carbocycles. The number of benzene rings is 1. The van der Waals surface area contributed by atoms with Gasteiger partial charge in [-0.15, -0.1) is 0 Å². The van der Waals surface area contributed by atoms with Crippen LogP contribution in [0.2, 0.25) is 5.02 Å². The van der Waals surface area contributed by atoms with E-state index in [4.69, 9.17) is 16.6 Å². The molecule has 0 radical (unpaired) electrons. The Bertz CT molecular complexity index is 976. The van der Waals surface area contributed by atoms with Crippen molar-refractivity contribution in [1.82, 2.24) is 20.1 Å². The van der Waals surface area contributed by atoms with E-state index in [0.29, 0.717) is 11.5 Å². The van der Waals surface area contributed by atoms with E-state index in [1.807, 2.05) is 42.2 Å². The lowest BCUT2D eigenvalue weighted by atomic mass is 9.92. The molecule has 1 amide bonds. The molecule has 144 valence electrons. The number of carbonyl (C=O) groups excluding carboxylic acids is 1. The summed E-state index contributed by atoms with van der Waals surface area (Å²) in [6.45, 7) is 3.36. The molecule has 0 atom stereocenters. The average Bonchev–Trinajstić information content (AvgIpc) is 3.15. The van der Waals surface area contributed by atoms with Crippen molar-refractivity contribution in [3.63, 3.8) is 0 Å². The predicted octanol–water partition coefficient (Wildman–Crippen LogP) is 4.38. The first kappa shape index (κ1) is 18.7. The van der Waals surface area contributed by atoms with Crippen LogP contribution in [-0.4, -0.2) is 39.1 Å². The summed E-state index contributed by atoms with van der Waals surface area (Å²) in [5, 5.41) is 7.57. The number of halogens is 1. The van der Waals surface area contributed by atoms with E-state index in [-0.39, 0.29) is 5.91 Å². The number of aryl methyl sites for hydroxylation is 1. The smallest absolute Gasteiger partial charge is 0.257 e. The number of amides is 1. The maximum atomic E-state index is 12.7. The van der Waals surface area contributed by atoms with Gasteiger partial charge in [0.25, 0.3) is 5.91 Å². The first-order valence-corrected chi connectivity index (χ1v) is 9.98. The van der Waals surface area contributed by atoms with Gasteiger partial charge in [-0.2, -0.15) is 5.10 Å². The van der Waals surface area contributed by atoms with Crippen LogP contribution in [0.4, 0.5) is 0 Å². The van der Waals surface area contributed by atoms with E-state index in [2.05, 4.69) is 22.3 Å². The summed E-state index contributed by atoms with van der Waals surface area (Å²) >= 11 is 6.29. The number of hydrogen-bond acceptors (Lipinski definition) is 3. The zero-order valence-electron chi connectivity index (χ0n) is 15.9. The number of carbonyl (C=O) groups is 1. The number of nitrogens with zero attached hydrogens (tertiary/aromatic N) is 3. The second-order valence-electron chi connectivity index (χ2n) is 7.30. The molecule has 5 nitrogen and oxygen atoms in total. The largest absolute Gasteiger partial charge is 0.338 e. The van der Waals surface area contributed by atoms with Gasteiger partial charge >= 0.3 is 0 Å². The van der Waals surface area contributed by atoms with E-state index < -0.39 is 0 Å². The zero-order valence-corrected chi connectivity index (χ0v) is 16.6. The van der Waals surface area contributed by atoms with Crippen molar-refractivity contribution >= 4 is 17.5 Å². The van der Waals surface area contributed by atoms with Crippen LogP contribution in [0.15, 0.2) is 48.7 Å². The molecule has 0 bridgehead atoms. The van der Waals surface area contributed by atoms with Gasteiger partial charge in [0.15, 0.2) is 0 Å². The van der Waals surface area contributed by atoms with E-state index in [1.54, 1.807) is 6.20 Å². The van der Waals surface area contributed by atoms with Gasteiger partial charge in [0.2, 0.25) is 0 Å². The lowest BCUT2D eigenvalue weighted by Gasteiger charge is -2.31. The van der Waals surface area contributed by atoms with Gasteiger partial charge in [0.1, 0.15) is 0 Å². The summed E-state index contributed by atoms with van der Waals surface area (Å²) < 4.78 is 0. The monoisotopic (exact) mass is 394 g/mol. The van der Waals surface area contributed by atoms with Gasteiger partial charge in [0, 0.05) is 47.5 Å². The third-order valence-corrected chi connectivity index (χ3v) is 5.79. The highest BCUT2D eigenvalue weighted by molar-refractivity contribution is 6.31. The average molecular weight is 395 g/mol. The summed E-state index contributed by atoms with van der Waals surface area (Å²) in [4.78, 5) is 19.5. The van der Waals surface area contributed by atoms with Crippen molar-refractivity contribution < 1.29 is 4.79 Å². The van der Waals surface area contributed by atoms with Crippen LogP contribution in [0.3, 0.4) is 0 Å². The van der Waals surface area contributed by atoms with Gasteiger partial charge in [-0.3, -0.25) is 14.9 Å². The number of H-pyrrole nitrogens is 1. The molecule has 1 fully saturated rings. The molecular formula is C22H23ClN4O. The van der Waals surface area contributed by atoms with Crippen molar-refractivity contribution in [3.05, 3.63) is 81.9 Å². The molecule has 3 aromatic rings. The molecule has 6 heteroatoms. The quantitative estimate of drug-likeness (QED) is 0.714. The van der Waals surface area contributed by atoms with Crippen molar-refractivity contribution in [3.8, 4) is 0 Å². The molecule has 3 heterocycles. The topological polar surface area (TPSA) is 61.9 Å². The lowest BCUT2D eigenvalue weighted by molar-refractivity contribution is 0.0711. The fourth-order valence-corrected chi connectivity index (χ4v) is 3.98. The van der Waals surface area contributed by atoms with Crippen molar-refractivity contribution in [2.75, 3.05) is 13.1 Å². The Morgan fingerprint density at radius 3 is 2.68 bits per heavy atom. The summed E-state index contributed by atoms with van der Waals surface area (Å²) in [5.41, 5.74) is 4.71. The number of nitrogens with one attached hydrogen (secondary N) is 1. The SMILES string of the molecule is Cc1[nH]ncc1C(=O)N1CCC(c2cccc(Cc3ccccc3Cl)n2)CC1. The molecule has 0 aliphatic carbocycles. The molecule has 0 spiro atoms. The fraction of sp³-hybridized carbons (Fsp3) is 0.318. The molecule has 1 aliphatic rings. The number of likely N-dealkylation sites (tertiary alicyclic amines) is 1. The molecular weight excluding hydrogens is 372 g/mol. The Labute approximate surface area is 169 Å². The summed E-state index contributed by atoms with van der Waals surface area (Å²) in [6, 6.07) is 14.1. The minimum absolute atomic E-state index is 0.0603. The molecule has 1 N–H and O–H groups in total. The molecule has 2 aromatic heterocycles. The van der Waals surface area contributed by atoms with Gasteiger partial charge in [-0.1, -0.05) is 35.9 Å². The van der Waals surface area contributed by atoms with Crippen LogP contribution < -0.4 is 0 Å². The van der Waals surface area contributed by atoms with E-state index in [0.717, 1.165) is 60.0 Å². The van der Waals surface area contributed by atoms with Crippen LogP contribution in [0.5, 0.6) is 0 Å². The minimum Gasteiger partial charge on any atom is -0.338 e. The Hall–Kier alpha value is -2.66. The van der Waals surface area contributed by atoms with Crippen LogP contribution >= 0.6 is 11.6 Å². The molecule has 0 unspecified atom stereocenters. The first-order valence-electron chi connectivity index (χ1n) is 9.60. The van der Waals surface area contributed by atoms with Crippen LogP contribution in [0.25, 0.3) is 0 Å². The summed E-state index contributed by atoms with van der Waals surface area (Å²) in [7, 11) is 0. The number of aromatic nitrogens is 3. The molecule has 4 rings (SSSR count). The van der Waals surface area contributed by atoms with Gasteiger partial charge in [-0.25, -0.2) is 0 Å². The van der Waals surface area contributed by atoms with Crippen molar-refractivity contribution in [2.24, 2.45) is 0 Å². The van der Waals surface area contributed by atoms with Gasteiger partial charge in [0.05, 0.1) is 11.8 Å². The standard InChI is InChI=1S/C22H23ClN4O/c1-15-19(14-24-26-15)22(28)27-11-9-16(10-12-27)21-8-4-6-18(25-21)13-17-5-2-3-7-20(17)23/h2-8,14,16H,9-13H2,1H3,(H,24,26). The lowest BCUT2D eigenvalue weighted by Crippen LogP contribution is -2.38. The fourth-order valence-electron chi connectivity index (χ4n) is 3.78. The van der Waals surface area contributed by atoms with Gasteiger partial charge < -0.3 is 4.90 Å². The number of piperidine rings is 1. The van der Waals surface area contributed by atoms with E-state index in [9.17, 15) is 4.79 Å². The Morgan fingerprint density at radius 2 is 1.96 bits per heavy atom. The summed E-state index contributed by atoms with van der Waals surface area (Å²) in [6.07, 6.45) is 4.18. The van der Waals surface area contributed by atoms with E-state index >= 15 is 0 Å². The van der Waals surface area contributed by atoms with Crippen molar-refractivity contribution in [2.45, 2.75) is 32.1 Å². The maximum absolute atomic E-state index is 12.7. The molecule has 28 heavy (non-hydrogen) atoms. The Kier molecular flexibility index (Phi) is 5.44. The minimum atomic E-state index is 0.0603. The number of rotatable bonds is 4. The Balaban J connectivity index is 1.42. The first-order chi connectivity index (χ1) is 13.6.